The van der Waals surface area contributed by atoms with Gasteiger partial charge in [0.2, 0.25) is 0 Å². The summed E-state index contributed by atoms with van der Waals surface area (Å²) in [4.78, 5) is 28.0. The molecule has 0 unspecified atom stereocenters. The van der Waals surface area contributed by atoms with Crippen LogP contribution in [-0.4, -0.2) is 41.1 Å². The third-order valence-corrected chi connectivity index (χ3v) is 6.47. The van der Waals surface area contributed by atoms with E-state index in [1.807, 2.05) is 6.07 Å². The van der Waals surface area contributed by atoms with Gasteiger partial charge in [0.15, 0.2) is 0 Å². The number of hydrogen-bond donors (Lipinski definition) is 1. The van der Waals surface area contributed by atoms with Crippen LogP contribution in [-0.2, 0) is 22.6 Å². The minimum absolute atomic E-state index is 0.110. The van der Waals surface area contributed by atoms with Gasteiger partial charge in [-0.3, -0.25) is 4.79 Å². The minimum atomic E-state index is -0.854. The van der Waals surface area contributed by atoms with Crippen molar-refractivity contribution in [3.8, 4) is 0 Å². The summed E-state index contributed by atoms with van der Waals surface area (Å²) in [7, 11) is 0. The molecule has 3 aliphatic rings. The summed E-state index contributed by atoms with van der Waals surface area (Å²) >= 11 is 1.51. The topological polar surface area (TPSA) is 66.8 Å². The van der Waals surface area contributed by atoms with Gasteiger partial charge < -0.3 is 14.7 Å². The first-order chi connectivity index (χ1) is 10.6. The van der Waals surface area contributed by atoms with Gasteiger partial charge in [-0.25, -0.2) is 4.79 Å². The summed E-state index contributed by atoms with van der Waals surface area (Å²) in [6.07, 6.45) is 3.92. The van der Waals surface area contributed by atoms with Gasteiger partial charge in [-0.1, -0.05) is 6.42 Å². The second-order valence-electron chi connectivity index (χ2n) is 6.46. The van der Waals surface area contributed by atoms with E-state index in [4.69, 9.17) is 4.74 Å². The van der Waals surface area contributed by atoms with E-state index in [0.29, 0.717) is 30.6 Å². The zero-order valence-electron chi connectivity index (χ0n) is 12.3. The number of aliphatic carboxylic acids is 1. The lowest BCUT2D eigenvalue weighted by molar-refractivity contribution is -0.142. The summed E-state index contributed by atoms with van der Waals surface area (Å²) in [5.74, 6) is -0.462. The number of likely N-dealkylation sites (tertiary alicyclic amines) is 1. The molecule has 4 rings (SSSR count). The highest BCUT2D eigenvalue weighted by atomic mass is 32.1. The van der Waals surface area contributed by atoms with E-state index < -0.39 is 12.0 Å². The van der Waals surface area contributed by atoms with Crippen LogP contribution in [0.25, 0.3) is 0 Å². The maximum absolute atomic E-state index is 12.8. The molecule has 1 aromatic heterocycles. The largest absolute Gasteiger partial charge is 0.480 e. The fourth-order valence-electron chi connectivity index (χ4n) is 4.23. The molecule has 1 saturated carbocycles. The number of rotatable bonds is 2. The van der Waals surface area contributed by atoms with Crippen LogP contribution in [0.15, 0.2) is 6.07 Å². The Balaban J connectivity index is 1.61. The van der Waals surface area contributed by atoms with E-state index in [1.165, 1.54) is 16.2 Å². The van der Waals surface area contributed by atoms with Crippen molar-refractivity contribution in [3.63, 3.8) is 0 Å². The van der Waals surface area contributed by atoms with Gasteiger partial charge in [0, 0.05) is 17.8 Å². The van der Waals surface area contributed by atoms with Crippen LogP contribution in [0.5, 0.6) is 0 Å². The first kappa shape index (κ1) is 14.2. The van der Waals surface area contributed by atoms with Crippen molar-refractivity contribution in [3.05, 3.63) is 21.4 Å². The highest BCUT2D eigenvalue weighted by Crippen LogP contribution is 2.43. The van der Waals surface area contributed by atoms with Gasteiger partial charge >= 0.3 is 5.97 Å². The quantitative estimate of drug-likeness (QED) is 0.906. The molecular weight excluding hydrogens is 302 g/mol. The highest BCUT2D eigenvalue weighted by Gasteiger charge is 2.49. The van der Waals surface area contributed by atoms with E-state index in [9.17, 15) is 14.7 Å². The molecule has 3 atom stereocenters. The van der Waals surface area contributed by atoms with Crippen molar-refractivity contribution in [2.24, 2.45) is 11.8 Å². The number of thiophene rings is 1. The molecule has 5 nitrogen and oxygen atoms in total. The van der Waals surface area contributed by atoms with E-state index in [0.717, 1.165) is 31.2 Å². The normalized spacial score (nSPS) is 30.2. The van der Waals surface area contributed by atoms with Crippen molar-refractivity contribution in [1.29, 1.82) is 0 Å². The number of fused-ring (bicyclic) bond motifs is 2. The Labute approximate surface area is 132 Å². The van der Waals surface area contributed by atoms with Gasteiger partial charge in [-0.2, -0.15) is 0 Å². The summed E-state index contributed by atoms with van der Waals surface area (Å²) in [5.41, 5.74) is 1.09. The Morgan fingerprint density at radius 1 is 1.36 bits per heavy atom. The molecule has 1 aromatic rings. The van der Waals surface area contributed by atoms with E-state index >= 15 is 0 Å². The molecule has 118 valence electrons. The van der Waals surface area contributed by atoms with Gasteiger partial charge in [0.25, 0.3) is 5.91 Å². The third-order valence-electron chi connectivity index (χ3n) is 5.24. The smallest absolute Gasteiger partial charge is 0.326 e. The monoisotopic (exact) mass is 321 g/mol. The second-order valence-corrected chi connectivity index (χ2v) is 7.59. The van der Waals surface area contributed by atoms with Crippen LogP contribution in [0.3, 0.4) is 0 Å². The Morgan fingerprint density at radius 3 is 3.00 bits per heavy atom. The predicted molar refractivity (Wildman–Crippen MR) is 81.0 cm³/mol. The number of nitrogens with zero attached hydrogens (tertiary/aromatic N) is 1. The van der Waals surface area contributed by atoms with Crippen LogP contribution in [0.4, 0.5) is 0 Å². The number of amides is 1. The van der Waals surface area contributed by atoms with Crippen molar-refractivity contribution in [2.75, 3.05) is 13.2 Å². The van der Waals surface area contributed by atoms with Crippen molar-refractivity contribution in [1.82, 2.24) is 4.90 Å². The second kappa shape index (κ2) is 5.35. The fraction of sp³-hybridized carbons (Fsp3) is 0.625. The molecule has 2 fully saturated rings. The summed E-state index contributed by atoms with van der Waals surface area (Å²) in [6, 6.07) is 1.25. The average molecular weight is 321 g/mol. The van der Waals surface area contributed by atoms with Crippen LogP contribution < -0.4 is 0 Å². The average Bonchev–Trinajstić information content (AvgIpc) is 3.18. The Kier molecular flexibility index (Phi) is 3.46. The third kappa shape index (κ3) is 2.16. The molecule has 0 bridgehead atoms. The number of carboxylic acid groups (broad SMARTS) is 1. The first-order valence-corrected chi connectivity index (χ1v) is 8.70. The lowest BCUT2D eigenvalue weighted by atomic mass is 9.94. The van der Waals surface area contributed by atoms with Crippen LogP contribution in [0.2, 0.25) is 0 Å². The lowest BCUT2D eigenvalue weighted by Gasteiger charge is -2.23. The number of hydrogen-bond acceptors (Lipinski definition) is 4. The summed E-state index contributed by atoms with van der Waals surface area (Å²) in [5, 5.41) is 9.58. The fourth-order valence-corrected chi connectivity index (χ4v) is 5.33. The Hall–Kier alpha value is -1.40. The maximum atomic E-state index is 12.8. The van der Waals surface area contributed by atoms with Crippen LogP contribution in [0, 0.1) is 11.8 Å². The molecule has 1 aliphatic carbocycles. The molecule has 2 aliphatic heterocycles. The molecular formula is C16H19NO4S. The molecule has 0 radical (unpaired) electrons. The molecule has 0 spiro atoms. The molecule has 3 heterocycles. The summed E-state index contributed by atoms with van der Waals surface area (Å²) in [6.45, 7) is 1.86. The molecule has 22 heavy (non-hydrogen) atoms. The zero-order valence-corrected chi connectivity index (χ0v) is 13.1. The van der Waals surface area contributed by atoms with Gasteiger partial charge in [0.05, 0.1) is 18.1 Å². The van der Waals surface area contributed by atoms with E-state index in [-0.39, 0.29) is 11.8 Å². The van der Waals surface area contributed by atoms with Crippen molar-refractivity contribution in [2.45, 2.75) is 38.3 Å². The standard InChI is InChI=1S/C16H19NO4S/c18-15(13-6-10-8-21-5-4-12(10)22-13)17-7-9-2-1-3-11(9)14(17)16(19)20/h6,9,11,14H,1-5,7-8H2,(H,19,20)/t9-,11+,14+/m1/s1. The Bertz CT molecular complexity index is 602. The number of carboxylic acids is 1. The molecule has 0 aromatic carbocycles. The highest BCUT2D eigenvalue weighted by molar-refractivity contribution is 7.14. The molecule has 6 heteroatoms. The molecule has 1 amide bonds. The number of carbonyl (C=O) groups is 2. The molecule has 1 N–H and O–H groups in total. The minimum Gasteiger partial charge on any atom is -0.480 e. The van der Waals surface area contributed by atoms with E-state index in [1.54, 1.807) is 4.90 Å². The van der Waals surface area contributed by atoms with E-state index in [2.05, 4.69) is 0 Å². The first-order valence-electron chi connectivity index (χ1n) is 7.88. The van der Waals surface area contributed by atoms with Crippen molar-refractivity contribution >= 4 is 23.2 Å². The van der Waals surface area contributed by atoms with Gasteiger partial charge in [0.1, 0.15) is 6.04 Å². The zero-order chi connectivity index (χ0) is 15.3. The maximum Gasteiger partial charge on any atom is 0.326 e. The number of carbonyl (C=O) groups excluding carboxylic acids is 1. The van der Waals surface area contributed by atoms with Gasteiger partial charge in [-0.15, -0.1) is 11.3 Å². The van der Waals surface area contributed by atoms with Crippen LogP contribution >= 0.6 is 11.3 Å². The van der Waals surface area contributed by atoms with Crippen LogP contribution in [0.1, 0.15) is 39.4 Å². The van der Waals surface area contributed by atoms with Crippen molar-refractivity contribution < 1.29 is 19.4 Å². The lowest BCUT2D eigenvalue weighted by Crippen LogP contribution is -2.43. The Morgan fingerprint density at radius 2 is 2.23 bits per heavy atom. The summed E-state index contributed by atoms with van der Waals surface area (Å²) < 4.78 is 5.42. The number of ether oxygens (including phenoxy) is 1. The predicted octanol–water partition coefficient (Wildman–Crippen LogP) is 2.15. The molecule has 1 saturated heterocycles. The SMILES string of the molecule is O=C(O)[C@@H]1[C@H]2CCC[C@@H]2CN1C(=O)c1cc2c(s1)CCOC2. The van der Waals surface area contributed by atoms with Gasteiger partial charge in [-0.05, 0) is 36.3 Å².